The maximum Gasteiger partial charge on any atom is 0.120 e. The molecule has 1 saturated heterocycles. The molecule has 0 atom stereocenters. The first-order valence-corrected chi connectivity index (χ1v) is 6.15. The number of hydrazone groups is 1. The number of hydrogen-bond acceptors (Lipinski definition) is 5. The zero-order chi connectivity index (χ0) is 12.6. The molecular formula is C13H19N3O2. The minimum absolute atomic E-state index is 0.684. The largest absolute Gasteiger partial charge is 0.492 e. The van der Waals surface area contributed by atoms with Crippen molar-refractivity contribution >= 4 is 6.21 Å². The molecular weight excluding hydrogens is 230 g/mol. The summed E-state index contributed by atoms with van der Waals surface area (Å²) < 4.78 is 11.0. The second-order valence-corrected chi connectivity index (χ2v) is 4.15. The predicted molar refractivity (Wildman–Crippen MR) is 71.0 cm³/mol. The molecule has 0 aromatic heterocycles. The van der Waals surface area contributed by atoms with Crippen LogP contribution in [0, 0.1) is 0 Å². The smallest absolute Gasteiger partial charge is 0.120 e. The van der Waals surface area contributed by atoms with Crippen LogP contribution in [0.3, 0.4) is 0 Å². The van der Waals surface area contributed by atoms with Gasteiger partial charge in [-0.05, 0) is 17.7 Å². The molecule has 2 N–H and O–H groups in total. The van der Waals surface area contributed by atoms with E-state index < -0.39 is 0 Å². The quantitative estimate of drug-likeness (QED) is 0.474. The number of morpholine rings is 1. The summed E-state index contributed by atoms with van der Waals surface area (Å²) >= 11 is 0. The summed E-state index contributed by atoms with van der Waals surface area (Å²) in [5, 5.41) is 3.50. The van der Waals surface area contributed by atoms with E-state index >= 15 is 0 Å². The molecule has 1 heterocycles. The standard InChI is InChI=1S/C13H19N3O2/c14-15-11-12-2-1-3-13(10-12)18-9-6-16-4-7-17-8-5-16/h1-3,10-11H,4-9,14H2. The van der Waals surface area contributed by atoms with Crippen LogP contribution in [0.25, 0.3) is 0 Å². The van der Waals surface area contributed by atoms with Crippen LogP contribution < -0.4 is 10.6 Å². The van der Waals surface area contributed by atoms with Gasteiger partial charge < -0.3 is 15.3 Å². The number of benzene rings is 1. The van der Waals surface area contributed by atoms with Crippen LogP contribution in [-0.2, 0) is 4.74 Å². The minimum atomic E-state index is 0.684. The Morgan fingerprint density at radius 3 is 3.00 bits per heavy atom. The third kappa shape index (κ3) is 4.01. The van der Waals surface area contributed by atoms with Gasteiger partial charge in [-0.3, -0.25) is 4.90 Å². The summed E-state index contributed by atoms with van der Waals surface area (Å²) in [6.45, 7) is 5.24. The van der Waals surface area contributed by atoms with E-state index in [1.165, 1.54) is 0 Å². The minimum Gasteiger partial charge on any atom is -0.492 e. The Labute approximate surface area is 107 Å². The molecule has 1 aliphatic rings. The molecule has 18 heavy (non-hydrogen) atoms. The van der Waals surface area contributed by atoms with E-state index in [2.05, 4.69) is 10.0 Å². The van der Waals surface area contributed by atoms with E-state index in [0.717, 1.165) is 44.2 Å². The molecule has 1 fully saturated rings. The molecule has 0 spiro atoms. The zero-order valence-electron chi connectivity index (χ0n) is 10.4. The number of ether oxygens (including phenoxy) is 2. The van der Waals surface area contributed by atoms with Crippen molar-refractivity contribution in [1.82, 2.24) is 4.90 Å². The van der Waals surface area contributed by atoms with Gasteiger partial charge in [-0.2, -0.15) is 5.10 Å². The molecule has 5 heteroatoms. The Kier molecular flexibility index (Phi) is 4.99. The van der Waals surface area contributed by atoms with E-state index in [9.17, 15) is 0 Å². The number of nitrogens with two attached hydrogens (primary N) is 1. The summed E-state index contributed by atoms with van der Waals surface area (Å²) in [5.74, 6) is 5.97. The maximum atomic E-state index is 5.71. The highest BCUT2D eigenvalue weighted by atomic mass is 16.5. The van der Waals surface area contributed by atoms with Crippen LogP contribution in [-0.4, -0.2) is 50.6 Å². The average Bonchev–Trinajstić information content (AvgIpc) is 2.41. The molecule has 5 nitrogen and oxygen atoms in total. The third-order valence-electron chi connectivity index (χ3n) is 2.86. The molecule has 0 unspecified atom stereocenters. The van der Waals surface area contributed by atoms with Crippen LogP contribution in [0.4, 0.5) is 0 Å². The summed E-state index contributed by atoms with van der Waals surface area (Å²) in [6, 6.07) is 7.73. The molecule has 0 saturated carbocycles. The van der Waals surface area contributed by atoms with Gasteiger partial charge in [0.1, 0.15) is 12.4 Å². The fourth-order valence-electron chi connectivity index (χ4n) is 1.89. The van der Waals surface area contributed by atoms with Gasteiger partial charge in [0.25, 0.3) is 0 Å². The van der Waals surface area contributed by atoms with Gasteiger partial charge in [0.15, 0.2) is 0 Å². The molecule has 0 bridgehead atoms. The third-order valence-corrected chi connectivity index (χ3v) is 2.86. The van der Waals surface area contributed by atoms with Crippen molar-refractivity contribution in [3.8, 4) is 5.75 Å². The fourth-order valence-corrected chi connectivity index (χ4v) is 1.89. The Morgan fingerprint density at radius 2 is 2.22 bits per heavy atom. The summed E-state index contributed by atoms with van der Waals surface area (Å²) in [6.07, 6.45) is 1.61. The SMILES string of the molecule is NN=Cc1cccc(OCCN2CCOCC2)c1. The first kappa shape index (κ1) is 12.9. The highest BCUT2D eigenvalue weighted by molar-refractivity contribution is 5.79. The van der Waals surface area contributed by atoms with E-state index in [1.54, 1.807) is 6.21 Å². The van der Waals surface area contributed by atoms with Gasteiger partial charge in [0.05, 0.1) is 19.4 Å². The molecule has 0 radical (unpaired) electrons. The molecule has 2 rings (SSSR count). The molecule has 0 aliphatic carbocycles. The topological polar surface area (TPSA) is 60.1 Å². The lowest BCUT2D eigenvalue weighted by molar-refractivity contribution is 0.0322. The summed E-state index contributed by atoms with van der Waals surface area (Å²) in [5.41, 5.74) is 0.946. The lowest BCUT2D eigenvalue weighted by Gasteiger charge is -2.26. The van der Waals surface area contributed by atoms with Crippen molar-refractivity contribution in [3.05, 3.63) is 29.8 Å². The lowest BCUT2D eigenvalue weighted by atomic mass is 10.2. The Morgan fingerprint density at radius 1 is 1.39 bits per heavy atom. The molecule has 1 aromatic rings. The van der Waals surface area contributed by atoms with Crippen LogP contribution in [0.2, 0.25) is 0 Å². The Hall–Kier alpha value is -1.59. The van der Waals surface area contributed by atoms with Crippen molar-refractivity contribution in [2.75, 3.05) is 39.5 Å². The molecule has 98 valence electrons. The van der Waals surface area contributed by atoms with Gasteiger partial charge in [0, 0.05) is 19.6 Å². The van der Waals surface area contributed by atoms with Crippen LogP contribution >= 0.6 is 0 Å². The van der Waals surface area contributed by atoms with E-state index in [-0.39, 0.29) is 0 Å². The second kappa shape index (κ2) is 6.98. The zero-order valence-corrected chi connectivity index (χ0v) is 10.4. The highest BCUT2D eigenvalue weighted by Crippen LogP contribution is 2.12. The van der Waals surface area contributed by atoms with Crippen molar-refractivity contribution in [2.24, 2.45) is 10.9 Å². The first-order valence-electron chi connectivity index (χ1n) is 6.15. The maximum absolute atomic E-state index is 5.71. The number of nitrogens with zero attached hydrogens (tertiary/aromatic N) is 2. The van der Waals surface area contributed by atoms with Gasteiger partial charge in [0.2, 0.25) is 0 Å². The highest BCUT2D eigenvalue weighted by Gasteiger charge is 2.09. The lowest BCUT2D eigenvalue weighted by Crippen LogP contribution is -2.38. The van der Waals surface area contributed by atoms with Crippen molar-refractivity contribution in [2.45, 2.75) is 0 Å². The van der Waals surface area contributed by atoms with E-state index in [1.807, 2.05) is 24.3 Å². The van der Waals surface area contributed by atoms with Gasteiger partial charge >= 0.3 is 0 Å². The van der Waals surface area contributed by atoms with Crippen molar-refractivity contribution < 1.29 is 9.47 Å². The summed E-state index contributed by atoms with van der Waals surface area (Å²) in [7, 11) is 0. The van der Waals surface area contributed by atoms with Crippen molar-refractivity contribution in [3.63, 3.8) is 0 Å². The fraction of sp³-hybridized carbons (Fsp3) is 0.462. The van der Waals surface area contributed by atoms with Gasteiger partial charge in [-0.1, -0.05) is 12.1 Å². The van der Waals surface area contributed by atoms with E-state index in [0.29, 0.717) is 6.61 Å². The van der Waals surface area contributed by atoms with Crippen molar-refractivity contribution in [1.29, 1.82) is 0 Å². The average molecular weight is 249 g/mol. The Bertz CT molecular complexity index is 390. The molecule has 1 aliphatic heterocycles. The monoisotopic (exact) mass is 249 g/mol. The number of rotatable bonds is 5. The van der Waals surface area contributed by atoms with Crippen LogP contribution in [0.5, 0.6) is 5.75 Å². The predicted octanol–water partition coefficient (Wildman–Crippen LogP) is 0.690. The normalized spacial score (nSPS) is 17.1. The Balaban J connectivity index is 1.77. The van der Waals surface area contributed by atoms with E-state index in [4.69, 9.17) is 15.3 Å². The first-order chi connectivity index (χ1) is 8.88. The van der Waals surface area contributed by atoms with Crippen LogP contribution in [0.1, 0.15) is 5.56 Å². The van der Waals surface area contributed by atoms with Gasteiger partial charge in [-0.25, -0.2) is 0 Å². The second-order valence-electron chi connectivity index (χ2n) is 4.15. The molecule has 0 amide bonds. The molecule has 1 aromatic carbocycles. The van der Waals surface area contributed by atoms with Gasteiger partial charge in [-0.15, -0.1) is 0 Å². The van der Waals surface area contributed by atoms with Crippen LogP contribution in [0.15, 0.2) is 29.4 Å². The number of hydrogen-bond donors (Lipinski definition) is 1. The summed E-state index contributed by atoms with van der Waals surface area (Å²) in [4.78, 5) is 2.34.